The van der Waals surface area contributed by atoms with Crippen LogP contribution in [0.3, 0.4) is 0 Å². The molecule has 0 fully saturated rings. The van der Waals surface area contributed by atoms with Crippen molar-refractivity contribution in [3.8, 4) is 0 Å². The zero-order valence-corrected chi connectivity index (χ0v) is 16.0. The van der Waals surface area contributed by atoms with Crippen molar-refractivity contribution in [3.05, 3.63) is 95.3 Å². The molecule has 2 N–H and O–H groups in total. The largest absolute Gasteiger partial charge is 0.348 e. The lowest BCUT2D eigenvalue weighted by atomic mass is 10.2. The quantitative estimate of drug-likeness (QED) is 0.662. The predicted octanol–water partition coefficient (Wildman–Crippen LogP) is 3.86. The molecule has 144 valence electrons. The van der Waals surface area contributed by atoms with Crippen molar-refractivity contribution >= 4 is 21.6 Å². The first-order chi connectivity index (χ1) is 13.3. The molecule has 0 saturated heterocycles. The second kappa shape index (κ2) is 8.22. The average Bonchev–Trinajstić information content (AvgIpc) is 2.69. The van der Waals surface area contributed by atoms with Gasteiger partial charge in [-0.25, -0.2) is 12.8 Å². The molecule has 0 aromatic heterocycles. The summed E-state index contributed by atoms with van der Waals surface area (Å²) in [5.41, 5.74) is 2.22. The summed E-state index contributed by atoms with van der Waals surface area (Å²) in [5, 5.41) is 2.70. The SMILES string of the molecule is Cc1ccccc1NS(=O)(=O)c1cccc(C(=O)NCc2ccc(F)cc2)c1. The number of amides is 1. The Kier molecular flexibility index (Phi) is 5.75. The number of para-hydroxylation sites is 1. The summed E-state index contributed by atoms with van der Waals surface area (Å²) in [6, 6.07) is 18.6. The number of carbonyl (C=O) groups is 1. The van der Waals surface area contributed by atoms with E-state index < -0.39 is 15.9 Å². The third-order valence-electron chi connectivity index (χ3n) is 4.16. The molecule has 1 amide bonds. The summed E-state index contributed by atoms with van der Waals surface area (Å²) in [6.45, 7) is 2.01. The van der Waals surface area contributed by atoms with Gasteiger partial charge in [-0.1, -0.05) is 36.4 Å². The van der Waals surface area contributed by atoms with Crippen LogP contribution >= 0.6 is 0 Å². The van der Waals surface area contributed by atoms with Crippen LogP contribution in [0.2, 0.25) is 0 Å². The van der Waals surface area contributed by atoms with Crippen molar-refractivity contribution in [1.82, 2.24) is 5.32 Å². The van der Waals surface area contributed by atoms with Crippen LogP contribution in [0.4, 0.5) is 10.1 Å². The van der Waals surface area contributed by atoms with Crippen LogP contribution in [0, 0.1) is 12.7 Å². The zero-order chi connectivity index (χ0) is 20.1. The molecule has 5 nitrogen and oxygen atoms in total. The van der Waals surface area contributed by atoms with Crippen LogP contribution in [0.1, 0.15) is 21.5 Å². The van der Waals surface area contributed by atoms with Gasteiger partial charge in [0.2, 0.25) is 0 Å². The Bertz CT molecular complexity index is 1100. The summed E-state index contributed by atoms with van der Waals surface area (Å²) in [4.78, 5) is 12.4. The minimum Gasteiger partial charge on any atom is -0.348 e. The predicted molar refractivity (Wildman–Crippen MR) is 106 cm³/mol. The summed E-state index contributed by atoms with van der Waals surface area (Å²) in [7, 11) is -3.84. The highest BCUT2D eigenvalue weighted by molar-refractivity contribution is 7.92. The van der Waals surface area contributed by atoms with E-state index in [9.17, 15) is 17.6 Å². The summed E-state index contributed by atoms with van der Waals surface area (Å²) in [5.74, 6) is -0.772. The number of benzene rings is 3. The molecule has 28 heavy (non-hydrogen) atoms. The van der Waals surface area contributed by atoms with Crippen LogP contribution in [0.25, 0.3) is 0 Å². The molecule has 0 bridgehead atoms. The van der Waals surface area contributed by atoms with Crippen molar-refractivity contribution in [2.75, 3.05) is 4.72 Å². The first-order valence-corrected chi connectivity index (χ1v) is 10.0. The lowest BCUT2D eigenvalue weighted by Gasteiger charge is -2.11. The Morgan fingerprint density at radius 1 is 0.964 bits per heavy atom. The van der Waals surface area contributed by atoms with Crippen molar-refractivity contribution in [2.45, 2.75) is 18.4 Å². The van der Waals surface area contributed by atoms with Gasteiger partial charge in [0.15, 0.2) is 0 Å². The molecular formula is C21H19FN2O3S. The molecule has 0 heterocycles. The molecule has 0 aliphatic rings. The minimum atomic E-state index is -3.84. The van der Waals surface area contributed by atoms with Crippen molar-refractivity contribution in [3.63, 3.8) is 0 Å². The molecule has 0 atom stereocenters. The zero-order valence-electron chi connectivity index (χ0n) is 15.1. The van der Waals surface area contributed by atoms with Gasteiger partial charge >= 0.3 is 0 Å². The van der Waals surface area contributed by atoms with Crippen LogP contribution in [0.15, 0.2) is 77.7 Å². The number of rotatable bonds is 6. The molecule has 3 aromatic rings. The lowest BCUT2D eigenvalue weighted by molar-refractivity contribution is 0.0950. The maximum absolute atomic E-state index is 12.9. The average molecular weight is 398 g/mol. The number of anilines is 1. The highest BCUT2D eigenvalue weighted by atomic mass is 32.2. The van der Waals surface area contributed by atoms with E-state index in [1.807, 2.05) is 6.07 Å². The monoisotopic (exact) mass is 398 g/mol. The maximum Gasteiger partial charge on any atom is 0.261 e. The van der Waals surface area contributed by atoms with Gasteiger partial charge in [-0.2, -0.15) is 0 Å². The highest BCUT2D eigenvalue weighted by Crippen LogP contribution is 2.20. The van der Waals surface area contributed by atoms with Gasteiger partial charge in [0.05, 0.1) is 10.6 Å². The lowest BCUT2D eigenvalue weighted by Crippen LogP contribution is -2.23. The van der Waals surface area contributed by atoms with Gasteiger partial charge in [0, 0.05) is 12.1 Å². The van der Waals surface area contributed by atoms with E-state index in [2.05, 4.69) is 10.0 Å². The smallest absolute Gasteiger partial charge is 0.261 e. The second-order valence-electron chi connectivity index (χ2n) is 6.26. The first kappa shape index (κ1) is 19.6. The molecule has 0 aliphatic carbocycles. The number of hydrogen-bond donors (Lipinski definition) is 2. The highest BCUT2D eigenvalue weighted by Gasteiger charge is 2.17. The molecule has 0 unspecified atom stereocenters. The molecule has 0 radical (unpaired) electrons. The molecule has 0 aliphatic heterocycles. The van der Waals surface area contributed by atoms with E-state index in [0.29, 0.717) is 5.69 Å². The Labute approximate surface area is 163 Å². The van der Waals surface area contributed by atoms with Gasteiger partial charge in [0.25, 0.3) is 15.9 Å². The topological polar surface area (TPSA) is 75.3 Å². The van der Waals surface area contributed by atoms with E-state index in [1.165, 1.54) is 36.4 Å². The summed E-state index contributed by atoms with van der Waals surface area (Å²) in [6.07, 6.45) is 0. The Morgan fingerprint density at radius 3 is 2.39 bits per heavy atom. The van der Waals surface area contributed by atoms with Crippen LogP contribution < -0.4 is 10.0 Å². The fourth-order valence-corrected chi connectivity index (χ4v) is 3.76. The number of hydrogen-bond acceptors (Lipinski definition) is 3. The van der Waals surface area contributed by atoms with E-state index in [1.54, 1.807) is 37.3 Å². The Balaban J connectivity index is 1.74. The van der Waals surface area contributed by atoms with E-state index in [0.717, 1.165) is 11.1 Å². The third-order valence-corrected chi connectivity index (χ3v) is 5.53. The molecule has 7 heteroatoms. The van der Waals surface area contributed by atoms with Crippen LogP contribution in [-0.2, 0) is 16.6 Å². The minimum absolute atomic E-state index is 0.00909. The van der Waals surface area contributed by atoms with E-state index >= 15 is 0 Å². The fourth-order valence-electron chi connectivity index (χ4n) is 2.58. The number of sulfonamides is 1. The van der Waals surface area contributed by atoms with Crippen molar-refractivity contribution < 1.29 is 17.6 Å². The summed E-state index contributed by atoms with van der Waals surface area (Å²) >= 11 is 0. The maximum atomic E-state index is 12.9. The molecule has 0 saturated carbocycles. The molecular weight excluding hydrogens is 379 g/mol. The second-order valence-corrected chi connectivity index (χ2v) is 7.94. The Morgan fingerprint density at radius 2 is 1.68 bits per heavy atom. The van der Waals surface area contributed by atoms with E-state index in [4.69, 9.17) is 0 Å². The number of nitrogens with one attached hydrogen (secondary N) is 2. The van der Waals surface area contributed by atoms with Crippen molar-refractivity contribution in [2.24, 2.45) is 0 Å². The number of carbonyl (C=O) groups excluding carboxylic acids is 1. The Hall–Kier alpha value is -3.19. The standard InChI is InChI=1S/C21H19FN2O3S/c1-15-5-2-3-8-20(15)24-28(26,27)19-7-4-6-17(13-19)21(25)23-14-16-9-11-18(22)12-10-16/h2-13,24H,14H2,1H3,(H,23,25). The molecule has 3 rings (SSSR count). The van der Waals surface area contributed by atoms with Crippen molar-refractivity contribution in [1.29, 1.82) is 0 Å². The number of halogens is 1. The third kappa shape index (κ3) is 4.75. The van der Waals surface area contributed by atoms with Gasteiger partial charge in [-0.3, -0.25) is 9.52 Å². The van der Waals surface area contributed by atoms with Gasteiger partial charge in [-0.05, 0) is 54.4 Å². The molecule has 3 aromatic carbocycles. The fraction of sp³-hybridized carbons (Fsp3) is 0.0952. The molecule has 0 spiro atoms. The normalized spacial score (nSPS) is 11.1. The van der Waals surface area contributed by atoms with E-state index in [-0.39, 0.29) is 22.8 Å². The van der Waals surface area contributed by atoms with Gasteiger partial charge < -0.3 is 5.32 Å². The van der Waals surface area contributed by atoms with Crippen LogP contribution in [0.5, 0.6) is 0 Å². The van der Waals surface area contributed by atoms with Gasteiger partial charge in [-0.15, -0.1) is 0 Å². The van der Waals surface area contributed by atoms with Gasteiger partial charge in [0.1, 0.15) is 5.82 Å². The van der Waals surface area contributed by atoms with Crippen LogP contribution in [-0.4, -0.2) is 14.3 Å². The first-order valence-electron chi connectivity index (χ1n) is 8.56. The summed E-state index contributed by atoms with van der Waals surface area (Å²) < 4.78 is 40.8. The number of aryl methyl sites for hydroxylation is 1.